The molecule has 0 aliphatic heterocycles. The van der Waals surface area contributed by atoms with Gasteiger partial charge in [0.2, 0.25) is 0 Å². The fourth-order valence-electron chi connectivity index (χ4n) is 1.01. The first-order valence-corrected chi connectivity index (χ1v) is 4.02. The SMILES string of the molecule is COc1ccc([N+](=O)[O-])c(Cl)c1[N+](=O)[O-]. The van der Waals surface area contributed by atoms with Crippen LogP contribution in [0.1, 0.15) is 0 Å². The molecule has 0 radical (unpaired) electrons. The Morgan fingerprint density at radius 1 is 1.27 bits per heavy atom. The number of ether oxygens (including phenoxy) is 1. The molecule has 0 aliphatic carbocycles. The van der Waals surface area contributed by atoms with E-state index in [9.17, 15) is 20.2 Å². The molecular formula is C7H5ClN2O5. The van der Waals surface area contributed by atoms with Gasteiger partial charge in [-0.25, -0.2) is 0 Å². The molecule has 0 N–H and O–H groups in total. The third-order valence-corrected chi connectivity index (χ3v) is 2.03. The van der Waals surface area contributed by atoms with Crippen molar-refractivity contribution in [3.8, 4) is 5.75 Å². The maximum atomic E-state index is 10.6. The lowest BCUT2D eigenvalue weighted by Crippen LogP contribution is -1.97. The highest BCUT2D eigenvalue weighted by molar-refractivity contribution is 6.35. The van der Waals surface area contributed by atoms with Gasteiger partial charge in [0, 0.05) is 6.07 Å². The molecule has 0 aliphatic rings. The highest BCUT2D eigenvalue weighted by Gasteiger charge is 2.28. The minimum Gasteiger partial charge on any atom is -0.490 e. The van der Waals surface area contributed by atoms with Crippen LogP contribution in [0.15, 0.2) is 12.1 Å². The zero-order valence-electron chi connectivity index (χ0n) is 7.47. The van der Waals surface area contributed by atoms with Gasteiger partial charge in [0.1, 0.15) is 0 Å². The average molecular weight is 233 g/mol. The van der Waals surface area contributed by atoms with Crippen LogP contribution in [0.2, 0.25) is 5.02 Å². The Morgan fingerprint density at radius 3 is 2.27 bits per heavy atom. The number of nitrogens with zero attached hydrogens (tertiary/aromatic N) is 2. The molecule has 1 aromatic carbocycles. The quantitative estimate of drug-likeness (QED) is 0.588. The monoisotopic (exact) mass is 232 g/mol. The van der Waals surface area contributed by atoms with Crippen LogP contribution in [0.25, 0.3) is 0 Å². The topological polar surface area (TPSA) is 95.5 Å². The van der Waals surface area contributed by atoms with Gasteiger partial charge in [-0.1, -0.05) is 11.6 Å². The van der Waals surface area contributed by atoms with Crippen LogP contribution in [0.4, 0.5) is 11.4 Å². The summed E-state index contributed by atoms with van der Waals surface area (Å²) in [4.78, 5) is 19.4. The van der Waals surface area contributed by atoms with Crippen molar-refractivity contribution in [2.45, 2.75) is 0 Å². The fraction of sp³-hybridized carbons (Fsp3) is 0.143. The van der Waals surface area contributed by atoms with E-state index in [1.807, 2.05) is 0 Å². The average Bonchev–Trinajstić information content (AvgIpc) is 2.15. The van der Waals surface area contributed by atoms with E-state index in [1.54, 1.807) is 0 Å². The van der Waals surface area contributed by atoms with Gasteiger partial charge in [-0.2, -0.15) is 0 Å². The maximum absolute atomic E-state index is 10.6. The summed E-state index contributed by atoms with van der Waals surface area (Å²) >= 11 is 5.52. The maximum Gasteiger partial charge on any atom is 0.336 e. The molecule has 0 saturated carbocycles. The van der Waals surface area contributed by atoms with Crippen LogP contribution in [0.5, 0.6) is 5.75 Å². The summed E-state index contributed by atoms with van der Waals surface area (Å²) in [5.41, 5.74) is -1.13. The van der Waals surface area contributed by atoms with E-state index < -0.39 is 26.2 Å². The molecule has 0 heterocycles. The second kappa shape index (κ2) is 4.09. The zero-order chi connectivity index (χ0) is 11.6. The summed E-state index contributed by atoms with van der Waals surface area (Å²) in [6.07, 6.45) is 0. The predicted octanol–water partition coefficient (Wildman–Crippen LogP) is 2.17. The van der Waals surface area contributed by atoms with E-state index >= 15 is 0 Å². The van der Waals surface area contributed by atoms with Crippen LogP contribution in [-0.2, 0) is 0 Å². The number of nitro benzene ring substituents is 2. The van der Waals surface area contributed by atoms with Gasteiger partial charge < -0.3 is 4.74 Å². The lowest BCUT2D eigenvalue weighted by Gasteiger charge is -2.02. The van der Waals surface area contributed by atoms with E-state index in [0.29, 0.717) is 0 Å². The van der Waals surface area contributed by atoms with E-state index in [-0.39, 0.29) is 5.75 Å². The fourth-order valence-corrected chi connectivity index (χ4v) is 1.31. The lowest BCUT2D eigenvalue weighted by atomic mass is 10.2. The molecule has 1 rings (SSSR count). The Labute approximate surface area is 88.5 Å². The molecule has 0 bridgehead atoms. The number of hydrogen-bond acceptors (Lipinski definition) is 5. The summed E-state index contributed by atoms with van der Waals surface area (Å²) in [7, 11) is 1.21. The van der Waals surface area contributed by atoms with Crippen molar-refractivity contribution in [2.75, 3.05) is 7.11 Å². The molecule has 0 spiro atoms. The van der Waals surface area contributed by atoms with Gasteiger partial charge in [0.05, 0.1) is 17.0 Å². The molecule has 0 aromatic heterocycles. The number of hydrogen-bond donors (Lipinski definition) is 0. The van der Waals surface area contributed by atoms with Crippen molar-refractivity contribution in [1.29, 1.82) is 0 Å². The third kappa shape index (κ3) is 1.96. The highest BCUT2D eigenvalue weighted by atomic mass is 35.5. The number of nitro groups is 2. The van der Waals surface area contributed by atoms with E-state index in [4.69, 9.17) is 11.6 Å². The Kier molecular flexibility index (Phi) is 3.05. The van der Waals surface area contributed by atoms with Crippen molar-refractivity contribution in [3.05, 3.63) is 37.4 Å². The molecular weight excluding hydrogens is 228 g/mol. The Hall–Kier alpha value is -1.89. The van der Waals surface area contributed by atoms with E-state index in [0.717, 1.165) is 12.1 Å². The van der Waals surface area contributed by atoms with E-state index in [1.165, 1.54) is 7.11 Å². The van der Waals surface area contributed by atoms with Gasteiger partial charge in [0.15, 0.2) is 10.8 Å². The summed E-state index contributed by atoms with van der Waals surface area (Å²) in [6.45, 7) is 0. The van der Waals surface area contributed by atoms with Crippen LogP contribution < -0.4 is 4.74 Å². The first kappa shape index (κ1) is 11.2. The van der Waals surface area contributed by atoms with Crippen molar-refractivity contribution in [1.82, 2.24) is 0 Å². The summed E-state index contributed by atoms with van der Waals surface area (Å²) in [6, 6.07) is 2.18. The van der Waals surface area contributed by atoms with Crippen LogP contribution in [-0.4, -0.2) is 17.0 Å². The molecule has 7 nitrogen and oxygen atoms in total. The van der Waals surface area contributed by atoms with Gasteiger partial charge in [-0.05, 0) is 6.07 Å². The van der Waals surface area contributed by atoms with Gasteiger partial charge in [0.25, 0.3) is 5.69 Å². The van der Waals surface area contributed by atoms with Crippen LogP contribution in [0.3, 0.4) is 0 Å². The zero-order valence-corrected chi connectivity index (χ0v) is 8.22. The second-order valence-corrected chi connectivity index (χ2v) is 2.84. The molecule has 0 fully saturated rings. The molecule has 15 heavy (non-hydrogen) atoms. The molecule has 0 amide bonds. The smallest absolute Gasteiger partial charge is 0.336 e. The summed E-state index contributed by atoms with van der Waals surface area (Å²) < 4.78 is 4.67. The number of benzene rings is 1. The lowest BCUT2D eigenvalue weighted by molar-refractivity contribution is -0.394. The van der Waals surface area contributed by atoms with Crippen LogP contribution in [0, 0.1) is 20.2 Å². The molecule has 0 unspecified atom stereocenters. The summed E-state index contributed by atoms with van der Waals surface area (Å²) in [5, 5.41) is 20.5. The van der Waals surface area contributed by atoms with E-state index in [2.05, 4.69) is 4.74 Å². The first-order chi connectivity index (χ1) is 6.99. The summed E-state index contributed by atoms with van der Waals surface area (Å²) in [5.74, 6) is -0.115. The largest absolute Gasteiger partial charge is 0.490 e. The molecule has 0 saturated heterocycles. The van der Waals surface area contributed by atoms with Crippen molar-refractivity contribution >= 4 is 23.0 Å². The van der Waals surface area contributed by atoms with Crippen molar-refractivity contribution in [2.24, 2.45) is 0 Å². The minimum atomic E-state index is -0.825. The minimum absolute atomic E-state index is 0.115. The molecule has 0 atom stereocenters. The second-order valence-electron chi connectivity index (χ2n) is 2.46. The Balaban J connectivity index is 3.49. The molecule has 8 heteroatoms. The Morgan fingerprint density at radius 2 is 1.87 bits per heavy atom. The molecule has 80 valence electrons. The van der Waals surface area contributed by atoms with Crippen molar-refractivity contribution in [3.63, 3.8) is 0 Å². The van der Waals surface area contributed by atoms with Gasteiger partial charge in [-0.15, -0.1) is 0 Å². The number of halogens is 1. The molecule has 1 aromatic rings. The van der Waals surface area contributed by atoms with Gasteiger partial charge in [-0.3, -0.25) is 20.2 Å². The van der Waals surface area contributed by atoms with Gasteiger partial charge >= 0.3 is 5.69 Å². The standard InChI is InChI=1S/C7H5ClN2O5/c1-15-5-3-2-4(9(11)12)6(8)7(5)10(13)14/h2-3H,1H3. The van der Waals surface area contributed by atoms with Crippen molar-refractivity contribution < 1.29 is 14.6 Å². The Bertz CT molecular complexity index is 434. The highest BCUT2D eigenvalue weighted by Crippen LogP contribution is 2.40. The third-order valence-electron chi connectivity index (χ3n) is 1.66. The predicted molar refractivity (Wildman–Crippen MR) is 51.3 cm³/mol. The first-order valence-electron chi connectivity index (χ1n) is 3.64. The number of rotatable bonds is 3. The number of methoxy groups -OCH3 is 1. The normalized spacial score (nSPS) is 9.73. The van der Waals surface area contributed by atoms with Crippen LogP contribution >= 0.6 is 11.6 Å².